The number of aliphatic hydroxyl groups is 1. The summed E-state index contributed by atoms with van der Waals surface area (Å²) in [5.74, 6) is 0. The lowest BCUT2D eigenvalue weighted by Crippen LogP contribution is -2.35. The molecule has 22 heavy (non-hydrogen) atoms. The summed E-state index contributed by atoms with van der Waals surface area (Å²) < 4.78 is 1.72. The number of para-hydroxylation sites is 2. The standard InChI is InChI=1S/C16H22N4O2/c1-3-6-13(21)11-17-16(22)18-14-7-4-5-8-15(14)20-10-9-12(2)19-20/h4-5,7-10,13,21H,3,6,11H2,1-2H3,(H2,17,18,22). The summed E-state index contributed by atoms with van der Waals surface area (Å²) in [7, 11) is 0. The van der Waals surface area contributed by atoms with Crippen LogP contribution in [0, 0.1) is 6.92 Å². The number of amides is 2. The predicted molar refractivity (Wildman–Crippen MR) is 86.2 cm³/mol. The SMILES string of the molecule is CCCC(O)CNC(=O)Nc1ccccc1-n1ccc(C)n1. The van der Waals surface area contributed by atoms with Crippen LogP contribution in [-0.4, -0.2) is 33.6 Å². The van der Waals surface area contributed by atoms with Crippen LogP contribution >= 0.6 is 0 Å². The summed E-state index contributed by atoms with van der Waals surface area (Å²) in [6, 6.07) is 8.99. The summed E-state index contributed by atoms with van der Waals surface area (Å²) in [4.78, 5) is 11.9. The lowest BCUT2D eigenvalue weighted by molar-refractivity contribution is 0.162. The number of rotatable bonds is 6. The number of carbonyl (C=O) groups is 1. The molecule has 0 bridgehead atoms. The van der Waals surface area contributed by atoms with Gasteiger partial charge in [-0.1, -0.05) is 25.5 Å². The van der Waals surface area contributed by atoms with Crippen LogP contribution in [0.2, 0.25) is 0 Å². The molecule has 0 spiro atoms. The number of hydrogen-bond donors (Lipinski definition) is 3. The van der Waals surface area contributed by atoms with Gasteiger partial charge in [-0.25, -0.2) is 9.48 Å². The fourth-order valence-electron chi connectivity index (χ4n) is 2.14. The van der Waals surface area contributed by atoms with E-state index < -0.39 is 6.10 Å². The molecule has 0 saturated carbocycles. The van der Waals surface area contributed by atoms with Gasteiger partial charge in [0.1, 0.15) is 0 Å². The highest BCUT2D eigenvalue weighted by molar-refractivity contribution is 5.91. The van der Waals surface area contributed by atoms with Crippen molar-refractivity contribution in [1.82, 2.24) is 15.1 Å². The molecule has 6 nitrogen and oxygen atoms in total. The molecule has 2 aromatic rings. The van der Waals surface area contributed by atoms with Gasteiger partial charge < -0.3 is 15.7 Å². The number of hydrogen-bond acceptors (Lipinski definition) is 3. The van der Waals surface area contributed by atoms with Crippen LogP contribution in [0.15, 0.2) is 36.5 Å². The van der Waals surface area contributed by atoms with Gasteiger partial charge in [-0.05, 0) is 31.5 Å². The molecular weight excluding hydrogens is 280 g/mol. The van der Waals surface area contributed by atoms with Gasteiger partial charge in [-0.3, -0.25) is 0 Å². The van der Waals surface area contributed by atoms with Crippen molar-refractivity contribution < 1.29 is 9.90 Å². The van der Waals surface area contributed by atoms with Crippen LogP contribution in [0.3, 0.4) is 0 Å². The van der Waals surface area contributed by atoms with E-state index in [1.807, 2.05) is 50.4 Å². The van der Waals surface area contributed by atoms with Crippen LogP contribution in [0.4, 0.5) is 10.5 Å². The van der Waals surface area contributed by atoms with E-state index in [1.54, 1.807) is 4.68 Å². The Kier molecular flexibility index (Phi) is 5.55. The van der Waals surface area contributed by atoms with Gasteiger partial charge in [-0.2, -0.15) is 5.10 Å². The number of aliphatic hydroxyl groups excluding tert-OH is 1. The topological polar surface area (TPSA) is 79.2 Å². The maximum absolute atomic E-state index is 11.9. The first kappa shape index (κ1) is 16.0. The Morgan fingerprint density at radius 3 is 2.82 bits per heavy atom. The first-order chi connectivity index (χ1) is 10.6. The van der Waals surface area contributed by atoms with Gasteiger partial charge in [0.25, 0.3) is 0 Å². The number of benzene rings is 1. The van der Waals surface area contributed by atoms with Gasteiger partial charge in [0.2, 0.25) is 0 Å². The average Bonchev–Trinajstić information content (AvgIpc) is 2.92. The van der Waals surface area contributed by atoms with Gasteiger partial charge in [0.15, 0.2) is 0 Å². The number of nitrogens with zero attached hydrogens (tertiary/aromatic N) is 2. The Hall–Kier alpha value is -2.34. The molecular formula is C16H22N4O2. The van der Waals surface area contributed by atoms with E-state index in [0.717, 1.165) is 17.8 Å². The highest BCUT2D eigenvalue weighted by Crippen LogP contribution is 2.19. The van der Waals surface area contributed by atoms with Gasteiger partial charge in [-0.15, -0.1) is 0 Å². The molecule has 118 valence electrons. The third-order valence-corrected chi connectivity index (χ3v) is 3.24. The van der Waals surface area contributed by atoms with Crippen molar-refractivity contribution in [2.24, 2.45) is 0 Å². The zero-order valence-corrected chi connectivity index (χ0v) is 12.9. The molecule has 6 heteroatoms. The number of aromatic nitrogens is 2. The van der Waals surface area contributed by atoms with Crippen LogP contribution in [0.5, 0.6) is 0 Å². The molecule has 0 aliphatic rings. The van der Waals surface area contributed by atoms with E-state index in [2.05, 4.69) is 15.7 Å². The lowest BCUT2D eigenvalue weighted by atomic mass is 10.2. The third kappa shape index (κ3) is 4.33. The van der Waals surface area contributed by atoms with Crippen molar-refractivity contribution in [3.05, 3.63) is 42.2 Å². The van der Waals surface area contributed by atoms with Crippen LogP contribution in [0.25, 0.3) is 5.69 Å². The number of anilines is 1. The maximum atomic E-state index is 11.9. The molecule has 1 aromatic carbocycles. The smallest absolute Gasteiger partial charge is 0.319 e. The molecule has 0 aliphatic carbocycles. The quantitative estimate of drug-likeness (QED) is 0.767. The Balaban J connectivity index is 2.02. The first-order valence-electron chi connectivity index (χ1n) is 7.44. The molecule has 1 heterocycles. The van der Waals surface area contributed by atoms with Crippen LogP contribution < -0.4 is 10.6 Å². The summed E-state index contributed by atoms with van der Waals surface area (Å²) in [6.45, 7) is 4.14. The van der Waals surface area contributed by atoms with Crippen molar-refractivity contribution in [3.63, 3.8) is 0 Å². The van der Waals surface area contributed by atoms with Gasteiger partial charge >= 0.3 is 6.03 Å². The van der Waals surface area contributed by atoms with Gasteiger partial charge in [0.05, 0.1) is 23.2 Å². The number of urea groups is 1. The molecule has 0 saturated heterocycles. The van der Waals surface area contributed by atoms with Gasteiger partial charge in [0, 0.05) is 12.7 Å². The Morgan fingerprint density at radius 1 is 1.36 bits per heavy atom. The second-order valence-electron chi connectivity index (χ2n) is 5.20. The molecule has 0 aliphatic heterocycles. The van der Waals surface area contributed by atoms with E-state index in [9.17, 15) is 9.90 Å². The Labute approximate surface area is 130 Å². The highest BCUT2D eigenvalue weighted by Gasteiger charge is 2.10. The van der Waals surface area contributed by atoms with Crippen molar-refractivity contribution in [2.45, 2.75) is 32.8 Å². The Morgan fingerprint density at radius 2 is 2.14 bits per heavy atom. The minimum atomic E-state index is -0.514. The summed E-state index contributed by atoms with van der Waals surface area (Å²) >= 11 is 0. The monoisotopic (exact) mass is 302 g/mol. The second kappa shape index (κ2) is 7.61. The largest absolute Gasteiger partial charge is 0.391 e. The van der Waals surface area contributed by atoms with Crippen molar-refractivity contribution in [1.29, 1.82) is 0 Å². The average molecular weight is 302 g/mol. The van der Waals surface area contributed by atoms with E-state index in [0.29, 0.717) is 12.1 Å². The van der Waals surface area contributed by atoms with Crippen molar-refractivity contribution >= 4 is 11.7 Å². The molecule has 2 rings (SSSR count). The predicted octanol–water partition coefficient (Wildman–Crippen LogP) is 2.46. The normalized spacial score (nSPS) is 12.0. The highest BCUT2D eigenvalue weighted by atomic mass is 16.3. The van der Waals surface area contributed by atoms with Crippen molar-refractivity contribution in [3.8, 4) is 5.69 Å². The zero-order chi connectivity index (χ0) is 15.9. The minimum Gasteiger partial charge on any atom is -0.391 e. The molecule has 1 aromatic heterocycles. The fourth-order valence-corrected chi connectivity index (χ4v) is 2.14. The first-order valence-corrected chi connectivity index (χ1v) is 7.44. The van der Waals surface area contributed by atoms with E-state index in [-0.39, 0.29) is 12.6 Å². The number of nitrogens with one attached hydrogen (secondary N) is 2. The van der Waals surface area contributed by atoms with E-state index in [4.69, 9.17) is 0 Å². The molecule has 0 radical (unpaired) electrons. The Bertz CT molecular complexity index is 624. The van der Waals surface area contributed by atoms with E-state index in [1.165, 1.54) is 0 Å². The summed E-state index contributed by atoms with van der Waals surface area (Å²) in [5.41, 5.74) is 2.36. The minimum absolute atomic E-state index is 0.239. The maximum Gasteiger partial charge on any atom is 0.319 e. The molecule has 0 fully saturated rings. The number of aryl methyl sites for hydroxylation is 1. The molecule has 1 atom stereocenters. The van der Waals surface area contributed by atoms with Crippen molar-refractivity contribution in [2.75, 3.05) is 11.9 Å². The number of carbonyl (C=O) groups excluding carboxylic acids is 1. The fraction of sp³-hybridized carbons (Fsp3) is 0.375. The third-order valence-electron chi connectivity index (χ3n) is 3.24. The zero-order valence-electron chi connectivity index (χ0n) is 12.9. The molecule has 2 amide bonds. The molecule has 1 unspecified atom stereocenters. The molecule has 3 N–H and O–H groups in total. The lowest BCUT2D eigenvalue weighted by Gasteiger charge is -2.14. The van der Waals surface area contributed by atoms with Crippen LogP contribution in [-0.2, 0) is 0 Å². The summed E-state index contributed by atoms with van der Waals surface area (Å²) in [5, 5.41) is 19.5. The van der Waals surface area contributed by atoms with E-state index >= 15 is 0 Å². The summed E-state index contributed by atoms with van der Waals surface area (Å²) in [6.07, 6.45) is 2.88. The van der Waals surface area contributed by atoms with Crippen LogP contribution in [0.1, 0.15) is 25.5 Å². The second-order valence-corrected chi connectivity index (χ2v) is 5.20.